The van der Waals surface area contributed by atoms with Crippen LogP contribution in [0.15, 0.2) is 30.3 Å². The van der Waals surface area contributed by atoms with Crippen molar-refractivity contribution in [3.8, 4) is 6.07 Å². The second-order valence-electron chi connectivity index (χ2n) is 6.85. The van der Waals surface area contributed by atoms with Crippen LogP contribution in [0, 0.1) is 11.3 Å². The number of nitriles is 1. The summed E-state index contributed by atoms with van der Waals surface area (Å²) >= 11 is 0. The number of rotatable bonds is 5. The molecular weight excluding hydrogens is 300 g/mol. The SMILES string of the molecule is COCc1cc(NC(C)c2cccc(C#N)c2)nc(C(C)(C)C)n1. The summed E-state index contributed by atoms with van der Waals surface area (Å²) in [4.78, 5) is 9.23. The summed E-state index contributed by atoms with van der Waals surface area (Å²) in [5.41, 5.74) is 2.39. The van der Waals surface area contributed by atoms with E-state index in [-0.39, 0.29) is 11.5 Å². The largest absolute Gasteiger partial charge is 0.378 e. The first kappa shape index (κ1) is 17.9. The molecule has 0 radical (unpaired) electrons. The number of nitrogens with zero attached hydrogens (tertiary/aromatic N) is 3. The fourth-order valence-electron chi connectivity index (χ4n) is 2.31. The summed E-state index contributed by atoms with van der Waals surface area (Å²) in [6, 6.07) is 11.7. The predicted octanol–water partition coefficient (Wildman–Crippen LogP) is 3.97. The lowest BCUT2D eigenvalue weighted by Gasteiger charge is -2.21. The fourth-order valence-corrected chi connectivity index (χ4v) is 2.31. The van der Waals surface area contributed by atoms with Crippen LogP contribution in [0.4, 0.5) is 5.82 Å². The summed E-state index contributed by atoms with van der Waals surface area (Å²) in [5, 5.41) is 12.5. The Balaban J connectivity index is 2.30. The molecule has 0 saturated heterocycles. The molecule has 2 aromatic rings. The topological polar surface area (TPSA) is 70.8 Å². The van der Waals surface area contributed by atoms with Gasteiger partial charge in [0, 0.05) is 24.6 Å². The van der Waals surface area contributed by atoms with E-state index in [1.165, 1.54) is 0 Å². The van der Waals surface area contributed by atoms with Crippen LogP contribution in [0.25, 0.3) is 0 Å². The van der Waals surface area contributed by atoms with Gasteiger partial charge in [-0.15, -0.1) is 0 Å². The molecule has 1 unspecified atom stereocenters. The number of ether oxygens (including phenoxy) is 1. The molecule has 0 amide bonds. The van der Waals surface area contributed by atoms with Gasteiger partial charge in [0.25, 0.3) is 0 Å². The number of aromatic nitrogens is 2. The lowest BCUT2D eigenvalue weighted by molar-refractivity contribution is 0.181. The molecule has 2 rings (SSSR count). The minimum Gasteiger partial charge on any atom is -0.378 e. The highest BCUT2D eigenvalue weighted by atomic mass is 16.5. The number of nitrogens with one attached hydrogen (secondary N) is 1. The maximum atomic E-state index is 9.05. The van der Waals surface area contributed by atoms with Crippen molar-refractivity contribution in [3.63, 3.8) is 0 Å². The summed E-state index contributed by atoms with van der Waals surface area (Å²) in [7, 11) is 1.65. The summed E-state index contributed by atoms with van der Waals surface area (Å²) in [6.45, 7) is 8.75. The Hall–Kier alpha value is -2.45. The van der Waals surface area contributed by atoms with Crippen LogP contribution in [0.5, 0.6) is 0 Å². The van der Waals surface area contributed by atoms with Gasteiger partial charge in [-0.3, -0.25) is 0 Å². The van der Waals surface area contributed by atoms with E-state index in [2.05, 4.69) is 42.1 Å². The van der Waals surface area contributed by atoms with Crippen LogP contribution in [-0.2, 0) is 16.8 Å². The van der Waals surface area contributed by atoms with Crippen molar-refractivity contribution in [1.29, 1.82) is 5.26 Å². The van der Waals surface area contributed by atoms with Crippen LogP contribution in [0.2, 0.25) is 0 Å². The lowest BCUT2D eigenvalue weighted by atomic mass is 9.95. The second kappa shape index (κ2) is 7.41. The summed E-state index contributed by atoms with van der Waals surface area (Å²) in [6.07, 6.45) is 0. The molecule has 24 heavy (non-hydrogen) atoms. The zero-order valence-corrected chi connectivity index (χ0v) is 14.9. The molecule has 5 nitrogen and oxygen atoms in total. The third-order valence-electron chi connectivity index (χ3n) is 3.62. The first-order valence-corrected chi connectivity index (χ1v) is 7.97. The molecule has 0 fully saturated rings. The van der Waals surface area contributed by atoms with Crippen molar-refractivity contribution in [2.24, 2.45) is 0 Å². The molecule has 0 spiro atoms. The van der Waals surface area contributed by atoms with Crippen molar-refractivity contribution < 1.29 is 4.74 Å². The van der Waals surface area contributed by atoms with Gasteiger partial charge < -0.3 is 10.1 Å². The highest BCUT2D eigenvalue weighted by Gasteiger charge is 2.19. The molecule has 0 saturated carbocycles. The third-order valence-corrected chi connectivity index (χ3v) is 3.62. The average molecular weight is 324 g/mol. The number of methoxy groups -OCH3 is 1. The van der Waals surface area contributed by atoms with Crippen LogP contribution in [0.3, 0.4) is 0 Å². The molecule has 1 heterocycles. The quantitative estimate of drug-likeness (QED) is 0.901. The first-order chi connectivity index (χ1) is 11.3. The van der Waals surface area contributed by atoms with Crippen molar-refractivity contribution in [2.45, 2.75) is 45.8 Å². The van der Waals surface area contributed by atoms with Crippen LogP contribution < -0.4 is 5.32 Å². The Morgan fingerprint density at radius 2 is 2.00 bits per heavy atom. The van der Waals surface area contributed by atoms with E-state index in [1.807, 2.05) is 31.2 Å². The van der Waals surface area contributed by atoms with Gasteiger partial charge in [-0.1, -0.05) is 32.9 Å². The van der Waals surface area contributed by atoms with Crippen LogP contribution in [-0.4, -0.2) is 17.1 Å². The third kappa shape index (κ3) is 4.53. The van der Waals surface area contributed by atoms with Crippen LogP contribution in [0.1, 0.15) is 56.4 Å². The van der Waals surface area contributed by atoms with Gasteiger partial charge >= 0.3 is 0 Å². The van der Waals surface area contributed by atoms with Gasteiger partial charge in [0.2, 0.25) is 0 Å². The van der Waals surface area contributed by atoms with Gasteiger partial charge in [-0.05, 0) is 24.6 Å². The van der Waals surface area contributed by atoms with Crippen molar-refractivity contribution in [3.05, 3.63) is 53.0 Å². The molecule has 0 aliphatic heterocycles. The molecule has 0 aliphatic rings. The zero-order valence-electron chi connectivity index (χ0n) is 14.9. The Labute approximate surface area is 143 Å². The Bertz CT molecular complexity index is 744. The first-order valence-electron chi connectivity index (χ1n) is 7.97. The molecule has 5 heteroatoms. The monoisotopic (exact) mass is 324 g/mol. The molecule has 0 bridgehead atoms. The van der Waals surface area contributed by atoms with E-state index < -0.39 is 0 Å². The number of anilines is 1. The van der Waals surface area contributed by atoms with E-state index in [9.17, 15) is 0 Å². The van der Waals surface area contributed by atoms with E-state index in [1.54, 1.807) is 13.2 Å². The van der Waals surface area contributed by atoms with Gasteiger partial charge in [0.1, 0.15) is 11.6 Å². The van der Waals surface area contributed by atoms with Crippen LogP contribution >= 0.6 is 0 Å². The van der Waals surface area contributed by atoms with Crippen molar-refractivity contribution in [2.75, 3.05) is 12.4 Å². The molecule has 1 aromatic carbocycles. The Morgan fingerprint density at radius 1 is 1.25 bits per heavy atom. The van der Waals surface area contributed by atoms with E-state index in [4.69, 9.17) is 10.00 Å². The normalized spacial score (nSPS) is 12.5. The van der Waals surface area contributed by atoms with Gasteiger partial charge in [0.05, 0.1) is 23.9 Å². The molecule has 1 N–H and O–H groups in total. The standard InChI is InChI=1S/C19H24N4O/c1-13(15-8-6-7-14(9-15)11-20)21-17-10-16(12-24-5)22-18(23-17)19(2,3)4/h6-10,13H,12H2,1-5H3,(H,21,22,23). The molecule has 0 aliphatic carbocycles. The highest BCUT2D eigenvalue weighted by molar-refractivity contribution is 5.42. The van der Waals surface area contributed by atoms with Gasteiger partial charge in [-0.2, -0.15) is 5.26 Å². The minimum absolute atomic E-state index is 0.0245. The fraction of sp³-hybridized carbons (Fsp3) is 0.421. The summed E-state index contributed by atoms with van der Waals surface area (Å²) in [5.74, 6) is 1.54. The smallest absolute Gasteiger partial charge is 0.136 e. The summed E-state index contributed by atoms with van der Waals surface area (Å²) < 4.78 is 5.22. The highest BCUT2D eigenvalue weighted by Crippen LogP contribution is 2.24. The number of hydrogen-bond donors (Lipinski definition) is 1. The lowest BCUT2D eigenvalue weighted by Crippen LogP contribution is -2.19. The minimum atomic E-state index is -0.149. The zero-order chi connectivity index (χ0) is 17.7. The van der Waals surface area contributed by atoms with Gasteiger partial charge in [0.15, 0.2) is 0 Å². The number of hydrogen-bond acceptors (Lipinski definition) is 5. The van der Waals surface area contributed by atoms with Crippen molar-refractivity contribution >= 4 is 5.82 Å². The van der Waals surface area contributed by atoms with Gasteiger partial charge in [-0.25, -0.2) is 9.97 Å². The van der Waals surface area contributed by atoms with Crippen molar-refractivity contribution in [1.82, 2.24) is 9.97 Å². The molecule has 1 atom stereocenters. The van der Waals surface area contributed by atoms with E-state index >= 15 is 0 Å². The Kier molecular flexibility index (Phi) is 5.53. The molecule has 126 valence electrons. The van der Waals surface area contributed by atoms with E-state index in [0.29, 0.717) is 12.2 Å². The molecular formula is C19H24N4O. The maximum Gasteiger partial charge on any atom is 0.136 e. The molecule has 1 aromatic heterocycles. The predicted molar refractivity (Wildman–Crippen MR) is 94.6 cm³/mol. The second-order valence-corrected chi connectivity index (χ2v) is 6.85. The average Bonchev–Trinajstić information content (AvgIpc) is 2.54. The maximum absolute atomic E-state index is 9.05. The van der Waals surface area contributed by atoms with E-state index in [0.717, 1.165) is 22.9 Å². The number of benzene rings is 1. The Morgan fingerprint density at radius 3 is 2.62 bits per heavy atom.